The van der Waals surface area contributed by atoms with E-state index in [1.165, 1.54) is 7.11 Å². The van der Waals surface area contributed by atoms with Gasteiger partial charge < -0.3 is 14.8 Å². The molecule has 0 saturated heterocycles. The molecule has 0 spiro atoms. The van der Waals surface area contributed by atoms with Gasteiger partial charge in [-0.05, 0) is 25.5 Å². The Morgan fingerprint density at radius 3 is 2.63 bits per heavy atom. The summed E-state index contributed by atoms with van der Waals surface area (Å²) in [5, 5.41) is 2.72. The summed E-state index contributed by atoms with van der Waals surface area (Å²) in [5.41, 5.74) is 0.307. The van der Waals surface area contributed by atoms with Crippen molar-refractivity contribution in [3.63, 3.8) is 0 Å². The molecule has 0 aliphatic heterocycles. The number of ether oxygens (including phenoxy) is 2. The Morgan fingerprint density at radius 2 is 2.00 bits per heavy atom. The third kappa shape index (κ3) is 4.62. The summed E-state index contributed by atoms with van der Waals surface area (Å²) in [7, 11) is 1.47. The van der Waals surface area contributed by atoms with Crippen LogP contribution < -0.4 is 10.1 Å². The monoisotopic (exact) mass is 265 g/mol. The number of benzene rings is 1. The lowest BCUT2D eigenvalue weighted by molar-refractivity contribution is -0.124. The maximum absolute atomic E-state index is 11.8. The minimum absolute atomic E-state index is 0.0671. The second-order valence-corrected chi connectivity index (χ2v) is 4.15. The van der Waals surface area contributed by atoms with Crippen LogP contribution in [-0.2, 0) is 9.53 Å². The number of hydrogen-bond donors (Lipinski definition) is 1. The number of methoxy groups -OCH3 is 1. The average molecular weight is 265 g/mol. The zero-order valence-corrected chi connectivity index (χ0v) is 11.4. The summed E-state index contributed by atoms with van der Waals surface area (Å²) in [6.45, 7) is 3.56. The maximum atomic E-state index is 11.8. The van der Waals surface area contributed by atoms with Crippen molar-refractivity contribution in [1.29, 1.82) is 0 Å². The number of para-hydroxylation sites is 1. The third-order valence-electron chi connectivity index (χ3n) is 2.68. The summed E-state index contributed by atoms with van der Waals surface area (Å²) in [6.07, 6.45) is 0.826. The van der Waals surface area contributed by atoms with Gasteiger partial charge in [0.15, 0.2) is 6.61 Å². The molecule has 104 valence electrons. The molecule has 1 rings (SSSR count). The van der Waals surface area contributed by atoms with Gasteiger partial charge in [-0.25, -0.2) is 4.79 Å². The lowest BCUT2D eigenvalue weighted by Gasteiger charge is -2.12. The molecule has 1 aromatic rings. The van der Waals surface area contributed by atoms with E-state index >= 15 is 0 Å². The maximum Gasteiger partial charge on any atom is 0.342 e. The molecule has 0 aliphatic carbocycles. The van der Waals surface area contributed by atoms with E-state index < -0.39 is 5.97 Å². The van der Waals surface area contributed by atoms with E-state index in [2.05, 4.69) is 5.32 Å². The lowest BCUT2D eigenvalue weighted by Crippen LogP contribution is -2.35. The van der Waals surface area contributed by atoms with Gasteiger partial charge in [0.25, 0.3) is 5.91 Å². The molecule has 0 fully saturated rings. The Balaban J connectivity index is 2.54. The molecule has 1 N–H and O–H groups in total. The van der Waals surface area contributed by atoms with Crippen molar-refractivity contribution in [1.82, 2.24) is 5.32 Å². The standard InChI is InChI=1S/C14H19NO4/c1-4-10(2)15-13(16)9-19-14(17)11-7-5-6-8-12(11)18-3/h5-8,10H,4,9H2,1-3H3,(H,15,16)/t10-/m0/s1. The first-order valence-corrected chi connectivity index (χ1v) is 6.18. The summed E-state index contributed by atoms with van der Waals surface area (Å²) in [4.78, 5) is 23.3. The summed E-state index contributed by atoms with van der Waals surface area (Å²) >= 11 is 0. The second-order valence-electron chi connectivity index (χ2n) is 4.15. The fraction of sp³-hybridized carbons (Fsp3) is 0.429. The molecule has 0 aromatic heterocycles. The van der Waals surface area contributed by atoms with Crippen molar-refractivity contribution in [2.45, 2.75) is 26.3 Å². The van der Waals surface area contributed by atoms with Crippen LogP contribution in [0.25, 0.3) is 0 Å². The van der Waals surface area contributed by atoms with Gasteiger partial charge >= 0.3 is 5.97 Å². The SMILES string of the molecule is CC[C@H](C)NC(=O)COC(=O)c1ccccc1OC. The van der Waals surface area contributed by atoms with E-state index in [4.69, 9.17) is 9.47 Å². The third-order valence-corrected chi connectivity index (χ3v) is 2.68. The smallest absolute Gasteiger partial charge is 0.342 e. The van der Waals surface area contributed by atoms with Crippen LogP contribution in [0.3, 0.4) is 0 Å². The molecular formula is C14H19NO4. The van der Waals surface area contributed by atoms with Crippen molar-refractivity contribution >= 4 is 11.9 Å². The van der Waals surface area contributed by atoms with Crippen molar-refractivity contribution in [2.24, 2.45) is 0 Å². The van der Waals surface area contributed by atoms with Gasteiger partial charge in [0, 0.05) is 6.04 Å². The summed E-state index contributed by atoms with van der Waals surface area (Å²) < 4.78 is 10.0. The first-order chi connectivity index (χ1) is 9.08. The number of esters is 1. The number of nitrogens with one attached hydrogen (secondary N) is 1. The molecule has 1 amide bonds. The highest BCUT2D eigenvalue weighted by molar-refractivity contribution is 5.93. The molecule has 0 aliphatic rings. The van der Waals surface area contributed by atoms with Gasteiger partial charge in [-0.3, -0.25) is 4.79 Å². The van der Waals surface area contributed by atoms with Crippen LogP contribution >= 0.6 is 0 Å². The van der Waals surface area contributed by atoms with Crippen molar-refractivity contribution in [2.75, 3.05) is 13.7 Å². The normalized spacial score (nSPS) is 11.5. The zero-order chi connectivity index (χ0) is 14.3. The van der Waals surface area contributed by atoms with Gasteiger partial charge in [-0.2, -0.15) is 0 Å². The highest BCUT2D eigenvalue weighted by atomic mass is 16.5. The fourth-order valence-corrected chi connectivity index (χ4v) is 1.44. The Morgan fingerprint density at radius 1 is 1.32 bits per heavy atom. The molecule has 0 unspecified atom stereocenters. The van der Waals surface area contributed by atoms with Crippen LogP contribution in [0.1, 0.15) is 30.6 Å². The first kappa shape index (κ1) is 15.0. The van der Waals surface area contributed by atoms with E-state index in [9.17, 15) is 9.59 Å². The second kappa shape index (κ2) is 7.41. The quantitative estimate of drug-likeness (QED) is 0.796. The molecule has 0 saturated carbocycles. The molecule has 0 heterocycles. The van der Waals surface area contributed by atoms with Crippen molar-refractivity contribution in [3.8, 4) is 5.75 Å². The Hall–Kier alpha value is -2.04. The van der Waals surface area contributed by atoms with Crippen LogP contribution in [0, 0.1) is 0 Å². The molecule has 1 atom stereocenters. The molecule has 5 heteroatoms. The van der Waals surface area contributed by atoms with Crippen LogP contribution in [-0.4, -0.2) is 31.6 Å². The van der Waals surface area contributed by atoms with Gasteiger partial charge in [0.05, 0.1) is 7.11 Å². The molecule has 19 heavy (non-hydrogen) atoms. The van der Waals surface area contributed by atoms with Gasteiger partial charge in [0.2, 0.25) is 0 Å². The van der Waals surface area contributed by atoms with Crippen LogP contribution in [0.2, 0.25) is 0 Å². The highest BCUT2D eigenvalue weighted by Crippen LogP contribution is 2.17. The Labute approximate surface area is 112 Å². The topological polar surface area (TPSA) is 64.6 Å². The van der Waals surface area contributed by atoms with Crippen LogP contribution in [0.4, 0.5) is 0 Å². The van der Waals surface area contributed by atoms with E-state index in [1.807, 2.05) is 13.8 Å². The van der Waals surface area contributed by atoms with Gasteiger partial charge in [-0.1, -0.05) is 19.1 Å². The zero-order valence-electron chi connectivity index (χ0n) is 11.4. The molecule has 0 bridgehead atoms. The average Bonchev–Trinajstić information content (AvgIpc) is 2.44. The minimum atomic E-state index is -0.572. The van der Waals surface area contributed by atoms with Gasteiger partial charge in [-0.15, -0.1) is 0 Å². The number of carbonyl (C=O) groups excluding carboxylic acids is 2. The van der Waals surface area contributed by atoms with E-state index in [0.717, 1.165) is 6.42 Å². The van der Waals surface area contributed by atoms with E-state index in [-0.39, 0.29) is 18.6 Å². The van der Waals surface area contributed by atoms with Crippen LogP contribution in [0.5, 0.6) is 5.75 Å². The number of amides is 1. The minimum Gasteiger partial charge on any atom is -0.496 e. The predicted octanol–water partition coefficient (Wildman–Crippen LogP) is 1.77. The highest BCUT2D eigenvalue weighted by Gasteiger charge is 2.15. The van der Waals surface area contributed by atoms with Crippen LogP contribution in [0.15, 0.2) is 24.3 Å². The summed E-state index contributed by atoms with van der Waals surface area (Å²) in [6, 6.07) is 6.78. The first-order valence-electron chi connectivity index (χ1n) is 6.18. The Kier molecular flexibility index (Phi) is 5.85. The van der Waals surface area contributed by atoms with E-state index in [0.29, 0.717) is 11.3 Å². The fourth-order valence-electron chi connectivity index (χ4n) is 1.44. The summed E-state index contributed by atoms with van der Waals surface area (Å²) in [5.74, 6) is -0.454. The number of rotatable bonds is 6. The Bertz CT molecular complexity index is 445. The predicted molar refractivity (Wildman–Crippen MR) is 71.2 cm³/mol. The number of carbonyl (C=O) groups is 2. The molecule has 5 nitrogen and oxygen atoms in total. The number of hydrogen-bond acceptors (Lipinski definition) is 4. The van der Waals surface area contributed by atoms with Crippen molar-refractivity contribution < 1.29 is 19.1 Å². The largest absolute Gasteiger partial charge is 0.496 e. The molecule has 0 radical (unpaired) electrons. The molecular weight excluding hydrogens is 246 g/mol. The van der Waals surface area contributed by atoms with E-state index in [1.54, 1.807) is 24.3 Å². The molecule has 1 aromatic carbocycles. The van der Waals surface area contributed by atoms with Crippen molar-refractivity contribution in [3.05, 3.63) is 29.8 Å². The van der Waals surface area contributed by atoms with Gasteiger partial charge in [0.1, 0.15) is 11.3 Å². The lowest BCUT2D eigenvalue weighted by atomic mass is 10.2.